The van der Waals surface area contributed by atoms with Crippen molar-refractivity contribution < 1.29 is 21.6 Å². The Morgan fingerprint density at radius 3 is 2.46 bits per heavy atom. The minimum atomic E-state index is -3.55. The molecule has 7 nitrogen and oxygen atoms in total. The van der Waals surface area contributed by atoms with E-state index in [0.29, 0.717) is 37.2 Å². The summed E-state index contributed by atoms with van der Waals surface area (Å²) >= 11 is 0. The molecule has 1 aliphatic carbocycles. The first-order valence-electron chi connectivity index (χ1n) is 9.87. The van der Waals surface area contributed by atoms with Crippen LogP contribution in [-0.4, -0.2) is 57.7 Å². The highest BCUT2D eigenvalue weighted by Gasteiger charge is 2.35. The number of carbonyl (C=O) groups excluding carboxylic acids is 1. The summed E-state index contributed by atoms with van der Waals surface area (Å²) in [5.74, 6) is -0.300. The lowest BCUT2D eigenvalue weighted by atomic mass is 9.97. The molecule has 1 atom stereocenters. The van der Waals surface area contributed by atoms with E-state index in [0.717, 1.165) is 24.8 Å². The van der Waals surface area contributed by atoms with Crippen LogP contribution in [0.3, 0.4) is 0 Å². The standard InChI is InChI=1S/C19H26N2O5S2/c22-19(20-17-8-11-27(23,24)13-17)15-6-9-21(10-7-15)28(25,26)18-5-4-14-2-1-3-16(14)12-18/h4-5,12,15,17H,1-3,6-11,13H2,(H,20,22). The van der Waals surface area contributed by atoms with E-state index in [2.05, 4.69) is 5.32 Å². The van der Waals surface area contributed by atoms with Gasteiger partial charge in [-0.2, -0.15) is 4.31 Å². The number of fused-ring (bicyclic) bond motifs is 1. The highest BCUT2D eigenvalue weighted by molar-refractivity contribution is 7.91. The molecule has 1 amide bonds. The highest BCUT2D eigenvalue weighted by atomic mass is 32.2. The summed E-state index contributed by atoms with van der Waals surface area (Å²) in [4.78, 5) is 12.8. The SMILES string of the molecule is O=C(NC1CCS(=O)(=O)C1)C1CCN(S(=O)(=O)c2ccc3c(c2)CCC3)CC1. The summed E-state index contributed by atoms with van der Waals surface area (Å²) in [7, 11) is -6.59. The second-order valence-corrected chi connectivity index (χ2v) is 12.2. The van der Waals surface area contributed by atoms with Gasteiger partial charge >= 0.3 is 0 Å². The van der Waals surface area contributed by atoms with Gasteiger partial charge in [0.15, 0.2) is 9.84 Å². The molecule has 1 N–H and O–H groups in total. The molecule has 3 aliphatic rings. The number of sulfonamides is 1. The van der Waals surface area contributed by atoms with Crippen molar-refractivity contribution in [3.63, 3.8) is 0 Å². The van der Waals surface area contributed by atoms with Crippen LogP contribution >= 0.6 is 0 Å². The Bertz CT molecular complexity index is 980. The number of aryl methyl sites for hydroxylation is 2. The van der Waals surface area contributed by atoms with Crippen molar-refractivity contribution in [1.82, 2.24) is 9.62 Å². The zero-order valence-electron chi connectivity index (χ0n) is 15.8. The fraction of sp³-hybridized carbons (Fsp3) is 0.632. The first-order chi connectivity index (χ1) is 13.2. The summed E-state index contributed by atoms with van der Waals surface area (Å²) in [6.07, 6.45) is 4.38. The van der Waals surface area contributed by atoms with Gasteiger partial charge in [-0.15, -0.1) is 0 Å². The van der Waals surface area contributed by atoms with Gasteiger partial charge in [0, 0.05) is 25.0 Å². The molecule has 1 aromatic carbocycles. The monoisotopic (exact) mass is 426 g/mol. The Morgan fingerprint density at radius 1 is 1.07 bits per heavy atom. The van der Waals surface area contributed by atoms with Gasteiger partial charge in [-0.3, -0.25) is 4.79 Å². The number of hydrogen-bond acceptors (Lipinski definition) is 5. The lowest BCUT2D eigenvalue weighted by Crippen LogP contribution is -2.45. The fourth-order valence-corrected chi connectivity index (χ4v) is 7.64. The number of benzene rings is 1. The molecule has 2 aliphatic heterocycles. The van der Waals surface area contributed by atoms with Crippen LogP contribution in [0.25, 0.3) is 0 Å². The van der Waals surface area contributed by atoms with E-state index >= 15 is 0 Å². The molecule has 0 saturated carbocycles. The third-order valence-electron chi connectivity index (χ3n) is 6.11. The number of carbonyl (C=O) groups is 1. The molecule has 28 heavy (non-hydrogen) atoms. The third kappa shape index (κ3) is 3.97. The van der Waals surface area contributed by atoms with Gasteiger partial charge in [0.2, 0.25) is 15.9 Å². The zero-order chi connectivity index (χ0) is 19.9. The van der Waals surface area contributed by atoms with Gasteiger partial charge in [0.25, 0.3) is 0 Å². The Kier molecular flexibility index (Phi) is 5.26. The number of sulfone groups is 1. The maximum Gasteiger partial charge on any atom is 0.243 e. The molecule has 2 fully saturated rings. The maximum absolute atomic E-state index is 13.0. The van der Waals surface area contributed by atoms with Crippen LogP contribution in [0.1, 0.15) is 36.8 Å². The molecule has 154 valence electrons. The van der Waals surface area contributed by atoms with Crippen LogP contribution < -0.4 is 5.32 Å². The molecule has 4 rings (SSSR count). The van der Waals surface area contributed by atoms with E-state index in [1.165, 1.54) is 9.87 Å². The maximum atomic E-state index is 13.0. The summed E-state index contributed by atoms with van der Waals surface area (Å²) in [6, 6.07) is 5.10. The van der Waals surface area contributed by atoms with Crippen molar-refractivity contribution in [3.8, 4) is 0 Å². The van der Waals surface area contributed by atoms with Crippen molar-refractivity contribution in [1.29, 1.82) is 0 Å². The van der Waals surface area contributed by atoms with E-state index in [4.69, 9.17) is 0 Å². The van der Waals surface area contributed by atoms with Crippen molar-refractivity contribution in [2.24, 2.45) is 5.92 Å². The van der Waals surface area contributed by atoms with E-state index < -0.39 is 19.9 Å². The van der Waals surface area contributed by atoms with Gasteiger partial charge < -0.3 is 5.32 Å². The van der Waals surface area contributed by atoms with Crippen molar-refractivity contribution in [2.45, 2.75) is 49.5 Å². The van der Waals surface area contributed by atoms with Crippen LogP contribution in [0.4, 0.5) is 0 Å². The number of amides is 1. The van der Waals surface area contributed by atoms with E-state index in [9.17, 15) is 21.6 Å². The zero-order valence-corrected chi connectivity index (χ0v) is 17.4. The van der Waals surface area contributed by atoms with Crippen molar-refractivity contribution in [3.05, 3.63) is 29.3 Å². The molecule has 1 aromatic rings. The lowest BCUT2D eigenvalue weighted by molar-refractivity contribution is -0.126. The second kappa shape index (κ2) is 7.42. The number of nitrogens with one attached hydrogen (secondary N) is 1. The van der Waals surface area contributed by atoms with Crippen molar-refractivity contribution in [2.75, 3.05) is 24.6 Å². The minimum Gasteiger partial charge on any atom is -0.352 e. The average molecular weight is 427 g/mol. The minimum absolute atomic E-state index is 0.00426. The molecule has 2 saturated heterocycles. The Hall–Kier alpha value is -1.45. The predicted molar refractivity (Wildman–Crippen MR) is 105 cm³/mol. The molecule has 0 bridgehead atoms. The summed E-state index contributed by atoms with van der Waals surface area (Å²) in [5.41, 5.74) is 2.37. The second-order valence-electron chi connectivity index (χ2n) is 8.07. The van der Waals surface area contributed by atoms with Crippen LogP contribution in [0, 0.1) is 5.92 Å². The number of nitrogens with zero attached hydrogens (tertiary/aromatic N) is 1. The smallest absolute Gasteiger partial charge is 0.243 e. The Morgan fingerprint density at radius 2 is 1.79 bits per heavy atom. The molecular formula is C19H26N2O5S2. The number of hydrogen-bond donors (Lipinski definition) is 1. The lowest BCUT2D eigenvalue weighted by Gasteiger charge is -2.31. The molecular weight excluding hydrogens is 400 g/mol. The third-order valence-corrected chi connectivity index (χ3v) is 9.77. The summed E-state index contributed by atoms with van der Waals surface area (Å²) in [6.45, 7) is 0.612. The van der Waals surface area contributed by atoms with Crippen LogP contribution in [0.5, 0.6) is 0 Å². The van der Waals surface area contributed by atoms with Crippen LogP contribution in [-0.2, 0) is 37.5 Å². The van der Waals surface area contributed by atoms with Crippen LogP contribution in [0.15, 0.2) is 23.1 Å². The Labute approximate surface area is 166 Å². The van der Waals surface area contributed by atoms with Crippen molar-refractivity contribution >= 4 is 25.8 Å². The van der Waals surface area contributed by atoms with E-state index in [1.807, 2.05) is 6.07 Å². The molecule has 0 radical (unpaired) electrons. The first-order valence-corrected chi connectivity index (χ1v) is 13.1. The van der Waals surface area contributed by atoms with Gasteiger partial charge in [-0.05, 0) is 61.8 Å². The molecule has 9 heteroatoms. The normalized spacial score (nSPS) is 25.5. The quantitative estimate of drug-likeness (QED) is 0.770. The van der Waals surface area contributed by atoms with E-state index in [1.54, 1.807) is 12.1 Å². The topological polar surface area (TPSA) is 101 Å². The molecule has 1 unspecified atom stereocenters. The average Bonchev–Trinajstić information content (AvgIpc) is 3.26. The van der Waals surface area contributed by atoms with Gasteiger partial charge in [-0.25, -0.2) is 16.8 Å². The fourth-order valence-electron chi connectivity index (χ4n) is 4.44. The van der Waals surface area contributed by atoms with Gasteiger partial charge in [0.1, 0.15) is 0 Å². The number of piperidine rings is 1. The van der Waals surface area contributed by atoms with E-state index in [-0.39, 0.29) is 29.4 Å². The molecule has 2 heterocycles. The van der Waals surface area contributed by atoms with Gasteiger partial charge in [0.05, 0.1) is 16.4 Å². The highest BCUT2D eigenvalue weighted by Crippen LogP contribution is 2.28. The molecule has 0 spiro atoms. The Balaban J connectivity index is 1.36. The van der Waals surface area contributed by atoms with Crippen LogP contribution in [0.2, 0.25) is 0 Å². The molecule has 0 aromatic heterocycles. The van der Waals surface area contributed by atoms with Gasteiger partial charge in [-0.1, -0.05) is 6.07 Å². The largest absolute Gasteiger partial charge is 0.352 e. The first kappa shape index (κ1) is 19.8. The predicted octanol–water partition coefficient (Wildman–Crippen LogP) is 0.879. The summed E-state index contributed by atoms with van der Waals surface area (Å²) in [5, 5.41) is 2.83. The number of rotatable bonds is 4. The summed E-state index contributed by atoms with van der Waals surface area (Å²) < 4.78 is 50.5.